The summed E-state index contributed by atoms with van der Waals surface area (Å²) < 4.78 is 15.6. The highest BCUT2D eigenvalue weighted by atomic mass is 35.5. The standard InChI is InChI=1S/C12H17NO3.ClH/c1-5-9(13)8-6-11(15-3)12(16-4)7-10(8)14-2;/h5-7,9H,1,13H2,2-4H3;1H/t9-;/m1./s1. The summed E-state index contributed by atoms with van der Waals surface area (Å²) in [5, 5.41) is 0. The lowest BCUT2D eigenvalue weighted by atomic mass is 10.1. The van der Waals surface area contributed by atoms with Crippen LogP contribution in [-0.4, -0.2) is 21.3 Å². The molecule has 0 spiro atoms. The van der Waals surface area contributed by atoms with Crippen LogP contribution in [0, 0.1) is 0 Å². The summed E-state index contributed by atoms with van der Waals surface area (Å²) in [5.74, 6) is 1.89. The van der Waals surface area contributed by atoms with E-state index in [9.17, 15) is 0 Å². The van der Waals surface area contributed by atoms with Gasteiger partial charge < -0.3 is 19.9 Å². The van der Waals surface area contributed by atoms with Crippen LogP contribution in [-0.2, 0) is 0 Å². The third-order valence-corrected chi connectivity index (χ3v) is 2.35. The van der Waals surface area contributed by atoms with Gasteiger partial charge in [-0.15, -0.1) is 19.0 Å². The first-order valence-corrected chi connectivity index (χ1v) is 4.86. The third-order valence-electron chi connectivity index (χ3n) is 2.35. The zero-order valence-corrected chi connectivity index (χ0v) is 11.0. The van der Waals surface area contributed by atoms with E-state index >= 15 is 0 Å². The minimum Gasteiger partial charge on any atom is -0.496 e. The average molecular weight is 260 g/mol. The molecular weight excluding hydrogens is 242 g/mol. The second kappa shape index (κ2) is 7.04. The molecule has 0 saturated heterocycles. The largest absolute Gasteiger partial charge is 0.496 e. The van der Waals surface area contributed by atoms with Gasteiger partial charge in [-0.25, -0.2) is 0 Å². The van der Waals surface area contributed by atoms with Crippen molar-refractivity contribution in [3.63, 3.8) is 0 Å². The van der Waals surface area contributed by atoms with Crippen LogP contribution >= 0.6 is 12.4 Å². The minimum atomic E-state index is -0.297. The minimum absolute atomic E-state index is 0. The van der Waals surface area contributed by atoms with Gasteiger partial charge in [-0.05, 0) is 6.07 Å². The monoisotopic (exact) mass is 259 g/mol. The van der Waals surface area contributed by atoms with E-state index in [-0.39, 0.29) is 18.4 Å². The number of nitrogens with two attached hydrogens (primary N) is 1. The van der Waals surface area contributed by atoms with Crippen LogP contribution in [0.2, 0.25) is 0 Å². The Labute approximate surface area is 108 Å². The Hall–Kier alpha value is -1.39. The van der Waals surface area contributed by atoms with Crippen molar-refractivity contribution in [2.75, 3.05) is 21.3 Å². The number of benzene rings is 1. The number of rotatable bonds is 5. The summed E-state index contributed by atoms with van der Waals surface area (Å²) in [4.78, 5) is 0. The summed E-state index contributed by atoms with van der Waals surface area (Å²) >= 11 is 0. The lowest BCUT2D eigenvalue weighted by molar-refractivity contribution is 0.347. The van der Waals surface area contributed by atoms with E-state index in [0.717, 1.165) is 5.56 Å². The summed E-state index contributed by atoms with van der Waals surface area (Å²) in [6.07, 6.45) is 1.64. The van der Waals surface area contributed by atoms with E-state index in [0.29, 0.717) is 17.2 Å². The summed E-state index contributed by atoms with van der Waals surface area (Å²) in [5.41, 5.74) is 6.71. The van der Waals surface area contributed by atoms with Crippen LogP contribution in [0.5, 0.6) is 17.2 Å². The lowest BCUT2D eigenvalue weighted by Crippen LogP contribution is -2.09. The third kappa shape index (κ3) is 3.28. The predicted molar refractivity (Wildman–Crippen MR) is 70.5 cm³/mol. The van der Waals surface area contributed by atoms with E-state index in [1.807, 2.05) is 0 Å². The highest BCUT2D eigenvalue weighted by Crippen LogP contribution is 2.36. The molecule has 4 nitrogen and oxygen atoms in total. The molecule has 2 N–H and O–H groups in total. The van der Waals surface area contributed by atoms with Crippen molar-refractivity contribution >= 4 is 12.4 Å². The molecular formula is C12H18ClNO3. The van der Waals surface area contributed by atoms with Gasteiger partial charge in [-0.1, -0.05) is 6.08 Å². The first kappa shape index (κ1) is 15.6. The molecule has 0 heterocycles. The van der Waals surface area contributed by atoms with Gasteiger partial charge in [0.15, 0.2) is 11.5 Å². The van der Waals surface area contributed by atoms with Crippen LogP contribution in [0.3, 0.4) is 0 Å². The number of halogens is 1. The molecule has 0 radical (unpaired) electrons. The van der Waals surface area contributed by atoms with Gasteiger partial charge in [-0.3, -0.25) is 0 Å². The topological polar surface area (TPSA) is 53.7 Å². The highest BCUT2D eigenvalue weighted by Gasteiger charge is 2.14. The summed E-state index contributed by atoms with van der Waals surface area (Å²) in [6.45, 7) is 3.66. The smallest absolute Gasteiger partial charge is 0.164 e. The molecule has 96 valence electrons. The maximum Gasteiger partial charge on any atom is 0.164 e. The summed E-state index contributed by atoms with van der Waals surface area (Å²) in [6, 6.07) is 3.25. The van der Waals surface area contributed by atoms with Crippen molar-refractivity contribution in [1.82, 2.24) is 0 Å². The van der Waals surface area contributed by atoms with Crippen LogP contribution in [0.15, 0.2) is 24.8 Å². The highest BCUT2D eigenvalue weighted by molar-refractivity contribution is 5.85. The normalized spacial score (nSPS) is 11.1. The number of hydrogen-bond acceptors (Lipinski definition) is 4. The second-order valence-electron chi connectivity index (χ2n) is 3.21. The van der Waals surface area contributed by atoms with Gasteiger partial charge in [0, 0.05) is 11.6 Å². The van der Waals surface area contributed by atoms with Gasteiger partial charge in [0.2, 0.25) is 0 Å². The fourth-order valence-electron chi connectivity index (χ4n) is 1.44. The Kier molecular flexibility index (Phi) is 6.46. The molecule has 0 aliphatic carbocycles. The zero-order valence-electron chi connectivity index (χ0n) is 10.2. The lowest BCUT2D eigenvalue weighted by Gasteiger charge is -2.16. The van der Waals surface area contributed by atoms with Crippen LogP contribution in [0.25, 0.3) is 0 Å². The Morgan fingerprint density at radius 2 is 1.53 bits per heavy atom. The van der Waals surface area contributed by atoms with Gasteiger partial charge >= 0.3 is 0 Å². The molecule has 5 heteroatoms. The predicted octanol–water partition coefficient (Wildman–Crippen LogP) is 2.32. The molecule has 0 aliphatic heterocycles. The molecule has 0 fully saturated rings. The van der Waals surface area contributed by atoms with E-state index < -0.39 is 0 Å². The van der Waals surface area contributed by atoms with Gasteiger partial charge in [-0.2, -0.15) is 0 Å². The first-order valence-electron chi connectivity index (χ1n) is 4.86. The Morgan fingerprint density at radius 3 is 1.94 bits per heavy atom. The van der Waals surface area contributed by atoms with E-state index in [2.05, 4.69) is 6.58 Å². The van der Waals surface area contributed by atoms with Crippen LogP contribution in [0.4, 0.5) is 0 Å². The van der Waals surface area contributed by atoms with E-state index in [1.165, 1.54) is 0 Å². The SMILES string of the molecule is C=C[C@@H](N)c1cc(OC)c(OC)cc1OC.Cl. The molecule has 0 amide bonds. The molecule has 0 bridgehead atoms. The van der Waals surface area contributed by atoms with Crippen molar-refractivity contribution < 1.29 is 14.2 Å². The molecule has 1 atom stereocenters. The molecule has 1 aromatic rings. The fraction of sp³-hybridized carbons (Fsp3) is 0.333. The van der Waals surface area contributed by atoms with Crippen molar-refractivity contribution in [3.8, 4) is 17.2 Å². The maximum absolute atomic E-state index is 5.89. The molecule has 1 aromatic carbocycles. The van der Waals surface area contributed by atoms with Gasteiger partial charge in [0.05, 0.1) is 27.4 Å². The van der Waals surface area contributed by atoms with Crippen molar-refractivity contribution in [2.45, 2.75) is 6.04 Å². The van der Waals surface area contributed by atoms with E-state index in [4.69, 9.17) is 19.9 Å². The average Bonchev–Trinajstić information content (AvgIpc) is 2.35. The molecule has 0 aromatic heterocycles. The molecule has 17 heavy (non-hydrogen) atoms. The number of methoxy groups -OCH3 is 3. The fourth-order valence-corrected chi connectivity index (χ4v) is 1.44. The van der Waals surface area contributed by atoms with Crippen LogP contribution < -0.4 is 19.9 Å². The van der Waals surface area contributed by atoms with Crippen molar-refractivity contribution in [2.24, 2.45) is 5.73 Å². The Morgan fingerprint density at radius 1 is 1.06 bits per heavy atom. The summed E-state index contributed by atoms with van der Waals surface area (Å²) in [7, 11) is 4.73. The molecule has 0 saturated carbocycles. The second-order valence-corrected chi connectivity index (χ2v) is 3.21. The van der Waals surface area contributed by atoms with Crippen molar-refractivity contribution in [3.05, 3.63) is 30.4 Å². The Balaban J connectivity index is 0.00000256. The van der Waals surface area contributed by atoms with Gasteiger partial charge in [0.25, 0.3) is 0 Å². The molecule has 1 rings (SSSR count). The Bertz CT molecular complexity index is 382. The molecule has 0 aliphatic rings. The van der Waals surface area contributed by atoms with Crippen LogP contribution in [0.1, 0.15) is 11.6 Å². The van der Waals surface area contributed by atoms with Gasteiger partial charge in [0.1, 0.15) is 5.75 Å². The molecule has 0 unspecified atom stereocenters. The number of ether oxygens (including phenoxy) is 3. The van der Waals surface area contributed by atoms with E-state index in [1.54, 1.807) is 39.5 Å². The maximum atomic E-state index is 5.89. The zero-order chi connectivity index (χ0) is 12.1. The first-order chi connectivity index (χ1) is 7.67. The quantitative estimate of drug-likeness (QED) is 0.825. The number of hydrogen-bond donors (Lipinski definition) is 1. The van der Waals surface area contributed by atoms with Crippen molar-refractivity contribution in [1.29, 1.82) is 0 Å².